The van der Waals surface area contributed by atoms with Crippen molar-refractivity contribution in [1.29, 1.82) is 0 Å². The van der Waals surface area contributed by atoms with E-state index >= 15 is 0 Å². The normalized spacial score (nSPS) is 14.4. The van der Waals surface area contributed by atoms with Crippen LogP contribution in [0.2, 0.25) is 5.28 Å². The van der Waals surface area contributed by atoms with Gasteiger partial charge in [-0.3, -0.25) is 4.79 Å². The SMILES string of the molecule is O=C1CCCN1CCn1cnc2c(Nc3ccccc3)nc(Cl)nc21. The van der Waals surface area contributed by atoms with Crippen molar-refractivity contribution in [3.8, 4) is 0 Å². The highest BCUT2D eigenvalue weighted by molar-refractivity contribution is 6.28. The predicted octanol–water partition coefficient (Wildman–Crippen LogP) is 2.85. The largest absolute Gasteiger partial charge is 0.341 e. The monoisotopic (exact) mass is 356 g/mol. The van der Waals surface area contributed by atoms with Crippen molar-refractivity contribution in [2.45, 2.75) is 19.4 Å². The van der Waals surface area contributed by atoms with Gasteiger partial charge >= 0.3 is 0 Å². The Hall–Kier alpha value is -2.67. The lowest BCUT2D eigenvalue weighted by Gasteiger charge is -2.15. The van der Waals surface area contributed by atoms with Gasteiger partial charge in [0.15, 0.2) is 17.0 Å². The zero-order valence-corrected chi connectivity index (χ0v) is 14.3. The highest BCUT2D eigenvalue weighted by atomic mass is 35.5. The van der Waals surface area contributed by atoms with Crippen LogP contribution in [0.1, 0.15) is 12.8 Å². The fourth-order valence-corrected chi connectivity index (χ4v) is 3.16. The number of rotatable bonds is 5. The number of hydrogen-bond donors (Lipinski definition) is 1. The standard InChI is InChI=1S/C17H17ClN6O/c18-17-21-15(20-12-5-2-1-3-6-12)14-16(22-17)24(11-19-14)10-9-23-8-4-7-13(23)25/h1-3,5-6,11H,4,7-10H2,(H,20,21,22). The molecule has 0 atom stereocenters. The molecule has 1 aliphatic heterocycles. The zero-order chi connectivity index (χ0) is 17.2. The van der Waals surface area contributed by atoms with Crippen LogP contribution >= 0.6 is 11.6 Å². The number of likely N-dealkylation sites (tertiary alicyclic amines) is 1. The molecular formula is C17H17ClN6O. The van der Waals surface area contributed by atoms with Crippen LogP contribution in [0.3, 0.4) is 0 Å². The summed E-state index contributed by atoms with van der Waals surface area (Å²) < 4.78 is 1.91. The molecule has 1 fully saturated rings. The van der Waals surface area contributed by atoms with E-state index in [4.69, 9.17) is 11.6 Å². The van der Waals surface area contributed by atoms with Gasteiger partial charge in [-0.1, -0.05) is 18.2 Å². The molecular weight excluding hydrogens is 340 g/mol. The Morgan fingerprint density at radius 1 is 1.16 bits per heavy atom. The first-order chi connectivity index (χ1) is 12.2. The van der Waals surface area contributed by atoms with E-state index in [1.54, 1.807) is 6.33 Å². The summed E-state index contributed by atoms with van der Waals surface area (Å²) in [4.78, 5) is 26.6. The number of nitrogens with one attached hydrogen (secondary N) is 1. The van der Waals surface area contributed by atoms with E-state index in [9.17, 15) is 4.79 Å². The molecule has 128 valence electrons. The van der Waals surface area contributed by atoms with Crippen LogP contribution in [-0.2, 0) is 11.3 Å². The minimum atomic E-state index is 0.157. The summed E-state index contributed by atoms with van der Waals surface area (Å²) >= 11 is 6.10. The fraction of sp³-hybridized carbons (Fsp3) is 0.294. The average Bonchev–Trinajstić information content (AvgIpc) is 3.20. The van der Waals surface area contributed by atoms with Crippen LogP contribution < -0.4 is 5.32 Å². The maximum Gasteiger partial charge on any atom is 0.226 e. The Balaban J connectivity index is 1.61. The van der Waals surface area contributed by atoms with Crippen LogP contribution in [-0.4, -0.2) is 43.4 Å². The molecule has 0 bridgehead atoms. The van der Waals surface area contributed by atoms with Crippen molar-refractivity contribution in [3.05, 3.63) is 41.9 Å². The number of benzene rings is 1. The second-order valence-electron chi connectivity index (χ2n) is 5.93. The minimum Gasteiger partial charge on any atom is -0.341 e. The lowest BCUT2D eigenvalue weighted by Crippen LogP contribution is -2.28. The van der Waals surface area contributed by atoms with Crippen LogP contribution in [0.4, 0.5) is 11.5 Å². The number of carbonyl (C=O) groups is 1. The number of halogens is 1. The fourth-order valence-electron chi connectivity index (χ4n) is 3.00. The van der Waals surface area contributed by atoms with Gasteiger partial charge < -0.3 is 14.8 Å². The van der Waals surface area contributed by atoms with Crippen molar-refractivity contribution in [1.82, 2.24) is 24.4 Å². The van der Waals surface area contributed by atoms with Crippen LogP contribution in [0.15, 0.2) is 36.7 Å². The van der Waals surface area contributed by atoms with Gasteiger partial charge in [-0.25, -0.2) is 4.98 Å². The highest BCUT2D eigenvalue weighted by Gasteiger charge is 2.20. The molecule has 3 heterocycles. The molecule has 1 amide bonds. The number of aromatic nitrogens is 4. The molecule has 25 heavy (non-hydrogen) atoms. The van der Waals surface area contributed by atoms with E-state index in [-0.39, 0.29) is 11.2 Å². The molecule has 0 unspecified atom stereocenters. The minimum absolute atomic E-state index is 0.157. The molecule has 4 rings (SSSR count). The number of nitrogens with zero attached hydrogens (tertiary/aromatic N) is 5. The third-order valence-electron chi connectivity index (χ3n) is 4.26. The van der Waals surface area contributed by atoms with Gasteiger partial charge in [0, 0.05) is 31.7 Å². The number of carbonyl (C=O) groups excluding carboxylic acids is 1. The van der Waals surface area contributed by atoms with Gasteiger partial charge in [0.1, 0.15) is 0 Å². The summed E-state index contributed by atoms with van der Waals surface area (Å²) in [6.45, 7) is 2.09. The Morgan fingerprint density at radius 2 is 2.00 bits per heavy atom. The van der Waals surface area contributed by atoms with Gasteiger partial charge in [0.25, 0.3) is 0 Å². The summed E-state index contributed by atoms with van der Waals surface area (Å²) in [6.07, 6.45) is 3.29. The predicted molar refractivity (Wildman–Crippen MR) is 95.9 cm³/mol. The molecule has 1 saturated heterocycles. The third-order valence-corrected chi connectivity index (χ3v) is 4.42. The van der Waals surface area contributed by atoms with Gasteiger partial charge in [-0.2, -0.15) is 9.97 Å². The number of fused-ring (bicyclic) bond motifs is 1. The van der Waals surface area contributed by atoms with Crippen LogP contribution in [0, 0.1) is 0 Å². The Bertz CT molecular complexity index is 910. The number of amides is 1. The number of imidazole rings is 1. The molecule has 2 aromatic heterocycles. The van der Waals surface area contributed by atoms with Crippen molar-refractivity contribution in [2.24, 2.45) is 0 Å². The van der Waals surface area contributed by atoms with E-state index in [0.29, 0.717) is 36.5 Å². The number of para-hydroxylation sites is 1. The first-order valence-electron chi connectivity index (χ1n) is 8.19. The van der Waals surface area contributed by atoms with Crippen LogP contribution in [0.5, 0.6) is 0 Å². The number of anilines is 2. The molecule has 1 aromatic carbocycles. The van der Waals surface area contributed by atoms with Crippen molar-refractivity contribution in [2.75, 3.05) is 18.4 Å². The second-order valence-corrected chi connectivity index (χ2v) is 6.26. The molecule has 0 saturated carbocycles. The Kier molecular flexibility index (Phi) is 4.23. The average molecular weight is 357 g/mol. The smallest absolute Gasteiger partial charge is 0.226 e. The first kappa shape index (κ1) is 15.8. The van der Waals surface area contributed by atoms with Gasteiger partial charge in [-0.05, 0) is 30.2 Å². The highest BCUT2D eigenvalue weighted by Crippen LogP contribution is 2.24. The lowest BCUT2D eigenvalue weighted by atomic mass is 10.3. The molecule has 8 heteroatoms. The second kappa shape index (κ2) is 6.68. The van der Waals surface area contributed by atoms with E-state index in [1.807, 2.05) is 39.8 Å². The van der Waals surface area contributed by atoms with Gasteiger partial charge in [0.2, 0.25) is 11.2 Å². The van der Waals surface area contributed by atoms with E-state index in [2.05, 4.69) is 20.3 Å². The first-order valence-corrected chi connectivity index (χ1v) is 8.57. The van der Waals surface area contributed by atoms with Gasteiger partial charge in [-0.15, -0.1) is 0 Å². The summed E-state index contributed by atoms with van der Waals surface area (Å²) in [6, 6.07) is 9.71. The van der Waals surface area contributed by atoms with Gasteiger partial charge in [0.05, 0.1) is 6.33 Å². The molecule has 0 spiro atoms. The summed E-state index contributed by atoms with van der Waals surface area (Å²) in [5, 5.41) is 3.39. The zero-order valence-electron chi connectivity index (χ0n) is 13.5. The quantitative estimate of drug-likeness (QED) is 0.711. The molecule has 1 N–H and O–H groups in total. The molecule has 0 radical (unpaired) electrons. The van der Waals surface area contributed by atoms with Crippen molar-refractivity contribution in [3.63, 3.8) is 0 Å². The maximum absolute atomic E-state index is 11.8. The summed E-state index contributed by atoms with van der Waals surface area (Å²) in [7, 11) is 0. The summed E-state index contributed by atoms with van der Waals surface area (Å²) in [5.41, 5.74) is 2.21. The number of hydrogen-bond acceptors (Lipinski definition) is 5. The van der Waals surface area contributed by atoms with E-state index in [1.165, 1.54) is 0 Å². The van der Waals surface area contributed by atoms with Crippen molar-refractivity contribution < 1.29 is 4.79 Å². The Morgan fingerprint density at radius 3 is 2.76 bits per heavy atom. The maximum atomic E-state index is 11.8. The molecule has 3 aromatic rings. The lowest BCUT2D eigenvalue weighted by molar-refractivity contribution is -0.127. The molecule has 0 aliphatic carbocycles. The topological polar surface area (TPSA) is 75.9 Å². The van der Waals surface area contributed by atoms with Crippen LogP contribution in [0.25, 0.3) is 11.2 Å². The third kappa shape index (κ3) is 3.28. The Labute approximate surface area is 149 Å². The molecule has 1 aliphatic rings. The van der Waals surface area contributed by atoms with E-state index < -0.39 is 0 Å². The summed E-state index contributed by atoms with van der Waals surface area (Å²) in [5.74, 6) is 0.778. The van der Waals surface area contributed by atoms with Crippen molar-refractivity contribution >= 4 is 40.2 Å². The van der Waals surface area contributed by atoms with E-state index in [0.717, 1.165) is 18.7 Å². The molecule has 7 nitrogen and oxygen atoms in total.